The number of aryl methyl sites for hydroxylation is 1. The van der Waals surface area contributed by atoms with Crippen LogP contribution in [0.25, 0.3) is 10.4 Å². The van der Waals surface area contributed by atoms with Crippen LogP contribution in [0.5, 0.6) is 0 Å². The zero-order chi connectivity index (χ0) is 27.4. The van der Waals surface area contributed by atoms with Gasteiger partial charge in [0, 0.05) is 45.8 Å². The highest BCUT2D eigenvalue weighted by atomic mass is 32.1. The van der Waals surface area contributed by atoms with Crippen molar-refractivity contribution in [2.45, 2.75) is 65.3 Å². The van der Waals surface area contributed by atoms with E-state index in [2.05, 4.69) is 25.8 Å². The van der Waals surface area contributed by atoms with E-state index in [0.29, 0.717) is 6.67 Å². The van der Waals surface area contributed by atoms with Crippen molar-refractivity contribution < 1.29 is 14.7 Å². The van der Waals surface area contributed by atoms with Gasteiger partial charge in [-0.1, -0.05) is 45.0 Å². The van der Waals surface area contributed by atoms with E-state index in [9.17, 15) is 14.7 Å². The second-order valence-electron chi connectivity index (χ2n) is 11.5. The van der Waals surface area contributed by atoms with Crippen molar-refractivity contribution in [2.24, 2.45) is 5.41 Å². The van der Waals surface area contributed by atoms with Crippen LogP contribution in [0, 0.1) is 12.3 Å². The number of carbonyl (C=O) groups excluding carboxylic acids is 2. The fourth-order valence-electron chi connectivity index (χ4n) is 5.22. The Morgan fingerprint density at radius 2 is 1.89 bits per heavy atom. The smallest absolute Gasteiger partial charge is 0.243 e. The molecule has 9 nitrogen and oxygen atoms in total. The normalized spacial score (nSPS) is 22.3. The molecule has 0 saturated carbocycles. The van der Waals surface area contributed by atoms with E-state index in [0.717, 1.165) is 47.9 Å². The lowest BCUT2D eigenvalue weighted by molar-refractivity contribution is -0.142. The summed E-state index contributed by atoms with van der Waals surface area (Å²) < 4.78 is 0. The van der Waals surface area contributed by atoms with Gasteiger partial charge in [-0.15, -0.1) is 11.3 Å². The number of aliphatic hydroxyl groups is 1. The molecule has 2 fully saturated rings. The number of aromatic nitrogens is 1. The molecule has 0 spiro atoms. The summed E-state index contributed by atoms with van der Waals surface area (Å²) in [4.78, 5) is 36.5. The maximum absolute atomic E-state index is 13.8. The van der Waals surface area contributed by atoms with Crippen LogP contribution in [0.4, 0.5) is 0 Å². The molecule has 2 saturated heterocycles. The van der Waals surface area contributed by atoms with E-state index in [1.807, 2.05) is 64.4 Å². The van der Waals surface area contributed by atoms with Gasteiger partial charge in [0.25, 0.3) is 0 Å². The number of likely N-dealkylation sites (tertiary alicyclic amines) is 1. The molecule has 0 radical (unpaired) electrons. The Morgan fingerprint density at radius 3 is 2.50 bits per heavy atom. The Kier molecular flexibility index (Phi) is 9.20. The fourth-order valence-corrected chi connectivity index (χ4v) is 6.03. The lowest BCUT2D eigenvalue weighted by Crippen LogP contribution is -2.59. The fraction of sp³-hybridized carbons (Fsp3) is 0.607. The number of rotatable bonds is 8. The van der Waals surface area contributed by atoms with Gasteiger partial charge in [0.05, 0.1) is 34.3 Å². The summed E-state index contributed by atoms with van der Waals surface area (Å²) in [6, 6.07) is 6.71. The van der Waals surface area contributed by atoms with Crippen molar-refractivity contribution in [3.8, 4) is 10.4 Å². The molecule has 1 aromatic heterocycles. The Bertz CT molecular complexity index is 1090. The van der Waals surface area contributed by atoms with Gasteiger partial charge in [0.15, 0.2) is 0 Å². The first-order valence-electron chi connectivity index (χ1n) is 13.5. The van der Waals surface area contributed by atoms with Crippen molar-refractivity contribution in [1.29, 1.82) is 0 Å². The average Bonchev–Trinajstić information content (AvgIpc) is 3.49. The van der Waals surface area contributed by atoms with Gasteiger partial charge in [0.1, 0.15) is 6.04 Å². The first kappa shape index (κ1) is 28.6. The van der Waals surface area contributed by atoms with Crippen molar-refractivity contribution in [1.82, 2.24) is 30.7 Å². The Balaban J connectivity index is 1.42. The minimum Gasteiger partial charge on any atom is -0.391 e. The highest BCUT2D eigenvalue weighted by Gasteiger charge is 2.44. The van der Waals surface area contributed by atoms with Gasteiger partial charge in [-0.3, -0.25) is 19.8 Å². The summed E-state index contributed by atoms with van der Waals surface area (Å²) in [5.74, 6) is -0.374. The lowest BCUT2D eigenvalue weighted by atomic mass is 9.85. The summed E-state index contributed by atoms with van der Waals surface area (Å²) in [5.41, 5.74) is 4.57. The zero-order valence-corrected chi connectivity index (χ0v) is 24.0. The molecule has 0 aliphatic carbocycles. The van der Waals surface area contributed by atoms with Crippen molar-refractivity contribution >= 4 is 23.2 Å². The van der Waals surface area contributed by atoms with E-state index in [-0.39, 0.29) is 36.2 Å². The monoisotopic (exact) mass is 542 g/mol. The van der Waals surface area contributed by atoms with Gasteiger partial charge in [-0.2, -0.15) is 0 Å². The molecule has 10 heteroatoms. The molecule has 2 aromatic rings. The molecule has 1 aromatic carbocycles. The minimum atomic E-state index is -0.722. The van der Waals surface area contributed by atoms with E-state index in [1.165, 1.54) is 0 Å². The van der Waals surface area contributed by atoms with Crippen molar-refractivity contribution in [2.75, 3.05) is 39.4 Å². The molecule has 208 valence electrons. The molecule has 2 aliphatic rings. The van der Waals surface area contributed by atoms with Crippen LogP contribution in [-0.4, -0.2) is 89.3 Å². The lowest BCUT2D eigenvalue weighted by Gasteiger charge is -2.37. The zero-order valence-electron chi connectivity index (χ0n) is 23.2. The maximum Gasteiger partial charge on any atom is 0.243 e. The van der Waals surface area contributed by atoms with Crippen LogP contribution in [0.15, 0.2) is 29.8 Å². The molecule has 3 heterocycles. The molecule has 2 aliphatic heterocycles. The molecular weight excluding hydrogens is 500 g/mol. The number of benzene rings is 1. The van der Waals surface area contributed by atoms with E-state index >= 15 is 0 Å². The van der Waals surface area contributed by atoms with Crippen molar-refractivity contribution in [3.63, 3.8) is 0 Å². The first-order valence-corrected chi connectivity index (χ1v) is 14.4. The third-order valence-electron chi connectivity index (χ3n) is 7.48. The van der Waals surface area contributed by atoms with Crippen LogP contribution < -0.4 is 16.0 Å². The van der Waals surface area contributed by atoms with Gasteiger partial charge in [-0.25, -0.2) is 4.98 Å². The molecule has 38 heavy (non-hydrogen) atoms. The standard InChI is InChI=1S/C28H42N6O3S/c1-18(20-6-8-21(9-7-20)24-19(2)31-17-38-24)32-26(36)23-14-22(35)15-34(23)27(37)25(28(3,4)5)30-16-33-12-10-29-11-13-33/h6-9,17-18,22-23,25,29-30,35H,10-16H2,1-5H3,(H,32,36). The summed E-state index contributed by atoms with van der Waals surface area (Å²) in [6.07, 6.45) is -0.483. The van der Waals surface area contributed by atoms with Gasteiger partial charge < -0.3 is 20.6 Å². The van der Waals surface area contributed by atoms with E-state index < -0.39 is 18.2 Å². The van der Waals surface area contributed by atoms with Gasteiger partial charge >= 0.3 is 0 Å². The highest BCUT2D eigenvalue weighted by Crippen LogP contribution is 2.29. The predicted molar refractivity (Wildman–Crippen MR) is 151 cm³/mol. The molecule has 0 bridgehead atoms. The summed E-state index contributed by atoms with van der Waals surface area (Å²) in [5, 5.41) is 20.3. The molecule has 4 rings (SSSR count). The second kappa shape index (κ2) is 12.2. The third kappa shape index (κ3) is 6.79. The minimum absolute atomic E-state index is 0.138. The maximum atomic E-state index is 13.8. The van der Waals surface area contributed by atoms with Gasteiger partial charge in [-0.05, 0) is 30.4 Å². The van der Waals surface area contributed by atoms with Crippen LogP contribution >= 0.6 is 11.3 Å². The molecule has 4 unspecified atom stereocenters. The Morgan fingerprint density at radius 1 is 1.21 bits per heavy atom. The Hall–Kier alpha value is -2.37. The quantitative estimate of drug-likeness (QED) is 0.405. The van der Waals surface area contributed by atoms with Crippen molar-refractivity contribution in [3.05, 3.63) is 41.0 Å². The largest absolute Gasteiger partial charge is 0.391 e. The number of nitrogens with one attached hydrogen (secondary N) is 3. The molecule has 2 amide bonds. The number of hydrogen-bond donors (Lipinski definition) is 4. The molecule has 4 N–H and O–H groups in total. The third-order valence-corrected chi connectivity index (χ3v) is 8.46. The topological polar surface area (TPSA) is 110 Å². The first-order chi connectivity index (χ1) is 18.0. The average molecular weight is 543 g/mol. The van der Waals surface area contributed by atoms with E-state index in [4.69, 9.17) is 0 Å². The van der Waals surface area contributed by atoms with Crippen LogP contribution in [0.2, 0.25) is 0 Å². The number of hydrogen-bond acceptors (Lipinski definition) is 8. The molecule has 4 atom stereocenters. The van der Waals surface area contributed by atoms with E-state index in [1.54, 1.807) is 16.2 Å². The van der Waals surface area contributed by atoms with Crippen LogP contribution in [0.1, 0.15) is 51.4 Å². The molecular formula is C28H42N6O3S. The highest BCUT2D eigenvalue weighted by molar-refractivity contribution is 7.13. The van der Waals surface area contributed by atoms with Crippen LogP contribution in [-0.2, 0) is 9.59 Å². The second-order valence-corrected chi connectivity index (χ2v) is 12.4. The number of β-amino-alcohol motifs (C(OH)–C–C–N with tert-alkyl or cyclic N) is 1. The SMILES string of the molecule is Cc1ncsc1-c1ccc(C(C)NC(=O)C2CC(O)CN2C(=O)C(NCN2CCNCC2)C(C)(C)C)cc1. The van der Waals surface area contributed by atoms with Crippen LogP contribution in [0.3, 0.4) is 0 Å². The van der Waals surface area contributed by atoms with Gasteiger partial charge in [0.2, 0.25) is 11.8 Å². The number of piperazine rings is 1. The number of nitrogens with zero attached hydrogens (tertiary/aromatic N) is 3. The number of carbonyl (C=O) groups is 2. The summed E-state index contributed by atoms with van der Waals surface area (Å²) in [7, 11) is 0. The number of amides is 2. The Labute approximate surface area is 230 Å². The summed E-state index contributed by atoms with van der Waals surface area (Å²) in [6.45, 7) is 14.5. The predicted octanol–water partition coefficient (Wildman–Crippen LogP) is 2.12. The number of thiazole rings is 1. The number of aliphatic hydroxyl groups excluding tert-OH is 1. The summed E-state index contributed by atoms with van der Waals surface area (Å²) >= 11 is 1.61.